The smallest absolute Gasteiger partial charge is 0.310 e. The second-order valence-electron chi connectivity index (χ2n) is 6.39. The van der Waals surface area contributed by atoms with Gasteiger partial charge in [-0.25, -0.2) is 0 Å². The Morgan fingerprint density at radius 1 is 1.31 bits per heavy atom. The number of rotatable bonds is 9. The number of hydrogen-bond acceptors (Lipinski definition) is 5. The van der Waals surface area contributed by atoms with Gasteiger partial charge in [0.15, 0.2) is 0 Å². The number of ether oxygens (including phenoxy) is 1. The van der Waals surface area contributed by atoms with Crippen molar-refractivity contribution in [3.63, 3.8) is 0 Å². The SMILES string of the molecule is CC/C=C(/C=N/OCCN1CCC[C@@H](C(=O)OCC)C1)c1ccccc1. The molecule has 5 heteroatoms. The maximum Gasteiger partial charge on any atom is 0.310 e. The molecule has 0 spiro atoms. The Kier molecular flexibility index (Phi) is 8.90. The highest BCUT2D eigenvalue weighted by atomic mass is 16.6. The van der Waals surface area contributed by atoms with E-state index < -0.39 is 0 Å². The van der Waals surface area contributed by atoms with Crippen LogP contribution in [0.1, 0.15) is 38.7 Å². The van der Waals surface area contributed by atoms with Crippen molar-refractivity contribution in [1.82, 2.24) is 4.90 Å². The lowest BCUT2D eigenvalue weighted by Gasteiger charge is -2.30. The predicted octanol–water partition coefficient (Wildman–Crippen LogP) is 3.76. The van der Waals surface area contributed by atoms with Gasteiger partial charge >= 0.3 is 5.97 Å². The molecule has 1 heterocycles. The van der Waals surface area contributed by atoms with Crippen molar-refractivity contribution in [3.8, 4) is 0 Å². The Morgan fingerprint density at radius 2 is 2.12 bits per heavy atom. The molecule has 2 rings (SSSR count). The summed E-state index contributed by atoms with van der Waals surface area (Å²) in [5, 5.41) is 4.12. The number of benzene rings is 1. The van der Waals surface area contributed by atoms with Gasteiger partial charge in [-0.1, -0.05) is 48.5 Å². The van der Waals surface area contributed by atoms with E-state index in [-0.39, 0.29) is 11.9 Å². The number of carbonyl (C=O) groups is 1. The Balaban J connectivity index is 1.76. The normalized spacial score (nSPS) is 18.8. The molecule has 1 fully saturated rings. The molecule has 0 unspecified atom stereocenters. The molecule has 1 aromatic rings. The molecule has 0 saturated carbocycles. The minimum absolute atomic E-state index is 0.00984. The van der Waals surface area contributed by atoms with Crippen molar-refractivity contribution in [2.45, 2.75) is 33.1 Å². The van der Waals surface area contributed by atoms with E-state index in [1.807, 2.05) is 25.1 Å². The lowest BCUT2D eigenvalue weighted by molar-refractivity contribution is -0.150. The molecule has 1 aliphatic heterocycles. The standard InChI is InChI=1S/C21H30N2O3/c1-3-9-19(18-10-6-5-7-11-18)16-22-26-15-14-23-13-8-12-20(17-23)21(24)25-4-2/h5-7,9-11,16,20H,3-4,8,12-15,17H2,1-2H3/b19-9-,22-16+/t20-/m1/s1. The maximum absolute atomic E-state index is 11.9. The zero-order valence-corrected chi connectivity index (χ0v) is 15.9. The van der Waals surface area contributed by atoms with E-state index in [2.05, 4.69) is 35.2 Å². The fraction of sp³-hybridized carbons (Fsp3) is 0.524. The maximum atomic E-state index is 11.9. The lowest BCUT2D eigenvalue weighted by atomic mass is 9.98. The molecule has 1 aromatic carbocycles. The summed E-state index contributed by atoms with van der Waals surface area (Å²) in [5.74, 6) is -0.0854. The fourth-order valence-corrected chi connectivity index (χ4v) is 3.12. The van der Waals surface area contributed by atoms with Gasteiger partial charge in [0.1, 0.15) is 6.61 Å². The molecule has 0 aromatic heterocycles. The molecule has 1 aliphatic rings. The first-order valence-electron chi connectivity index (χ1n) is 9.54. The molecule has 0 aliphatic carbocycles. The van der Waals surface area contributed by atoms with E-state index in [1.165, 1.54) is 0 Å². The summed E-state index contributed by atoms with van der Waals surface area (Å²) in [5.41, 5.74) is 2.20. The first-order valence-corrected chi connectivity index (χ1v) is 9.54. The summed E-state index contributed by atoms with van der Waals surface area (Å²) in [7, 11) is 0. The topological polar surface area (TPSA) is 51.1 Å². The second kappa shape index (κ2) is 11.5. The molecule has 0 amide bonds. The van der Waals surface area contributed by atoms with Crippen molar-refractivity contribution >= 4 is 17.8 Å². The zero-order valence-electron chi connectivity index (χ0n) is 15.9. The number of oxime groups is 1. The van der Waals surface area contributed by atoms with Crippen LogP contribution >= 0.6 is 0 Å². The van der Waals surface area contributed by atoms with Crippen molar-refractivity contribution < 1.29 is 14.4 Å². The van der Waals surface area contributed by atoms with Crippen molar-refractivity contribution in [2.75, 3.05) is 32.8 Å². The molecular weight excluding hydrogens is 328 g/mol. The summed E-state index contributed by atoms with van der Waals surface area (Å²) < 4.78 is 5.14. The van der Waals surface area contributed by atoms with Crippen LogP contribution in [-0.4, -0.2) is 49.9 Å². The summed E-state index contributed by atoms with van der Waals surface area (Å²) in [4.78, 5) is 19.6. The highest BCUT2D eigenvalue weighted by Gasteiger charge is 2.26. The third kappa shape index (κ3) is 6.64. The molecule has 0 bridgehead atoms. The quantitative estimate of drug-likeness (QED) is 0.292. The van der Waals surface area contributed by atoms with Crippen molar-refractivity contribution in [2.24, 2.45) is 11.1 Å². The Labute approximate surface area is 156 Å². The average molecular weight is 358 g/mol. The summed E-state index contributed by atoms with van der Waals surface area (Å²) >= 11 is 0. The van der Waals surface area contributed by atoms with Crippen LogP contribution in [0.15, 0.2) is 41.6 Å². The van der Waals surface area contributed by atoms with Crippen LogP contribution in [0.2, 0.25) is 0 Å². The van der Waals surface area contributed by atoms with Gasteiger partial charge in [0.25, 0.3) is 0 Å². The van der Waals surface area contributed by atoms with E-state index in [9.17, 15) is 4.79 Å². The number of esters is 1. The van der Waals surface area contributed by atoms with Crippen LogP contribution in [0.25, 0.3) is 5.57 Å². The van der Waals surface area contributed by atoms with Gasteiger partial charge in [0.2, 0.25) is 0 Å². The van der Waals surface area contributed by atoms with E-state index in [4.69, 9.17) is 9.57 Å². The Hall–Kier alpha value is -2.14. The van der Waals surface area contributed by atoms with Gasteiger partial charge in [-0.2, -0.15) is 0 Å². The average Bonchev–Trinajstić information content (AvgIpc) is 2.68. The molecule has 142 valence electrons. The number of nitrogens with zero attached hydrogens (tertiary/aromatic N) is 2. The minimum Gasteiger partial charge on any atom is -0.466 e. The van der Waals surface area contributed by atoms with Gasteiger partial charge in [0, 0.05) is 13.1 Å². The Morgan fingerprint density at radius 3 is 2.85 bits per heavy atom. The summed E-state index contributed by atoms with van der Waals surface area (Å²) in [6, 6.07) is 10.2. The fourth-order valence-electron chi connectivity index (χ4n) is 3.12. The molecule has 1 saturated heterocycles. The number of piperidine rings is 1. The monoisotopic (exact) mass is 358 g/mol. The number of likely N-dealkylation sites (tertiary alicyclic amines) is 1. The van der Waals surface area contributed by atoms with Gasteiger partial charge < -0.3 is 9.57 Å². The van der Waals surface area contributed by atoms with Crippen LogP contribution in [-0.2, 0) is 14.4 Å². The van der Waals surface area contributed by atoms with Gasteiger partial charge in [-0.05, 0) is 43.9 Å². The lowest BCUT2D eigenvalue weighted by Crippen LogP contribution is -2.40. The predicted molar refractivity (Wildman–Crippen MR) is 105 cm³/mol. The summed E-state index contributed by atoms with van der Waals surface area (Å²) in [6.07, 6.45) is 6.78. The van der Waals surface area contributed by atoms with Gasteiger partial charge in [-0.3, -0.25) is 9.69 Å². The first kappa shape index (κ1) is 20.2. The van der Waals surface area contributed by atoms with Crippen LogP contribution < -0.4 is 0 Å². The third-order valence-corrected chi connectivity index (χ3v) is 4.42. The molecular formula is C21H30N2O3. The number of carbonyl (C=O) groups excluding carboxylic acids is 1. The highest BCUT2D eigenvalue weighted by Crippen LogP contribution is 2.17. The van der Waals surface area contributed by atoms with Crippen LogP contribution in [0.5, 0.6) is 0 Å². The third-order valence-electron chi connectivity index (χ3n) is 4.42. The van der Waals surface area contributed by atoms with Crippen LogP contribution in [0, 0.1) is 5.92 Å². The van der Waals surface area contributed by atoms with E-state index in [1.54, 1.807) is 6.21 Å². The Bertz CT molecular complexity index is 599. The molecule has 1 atom stereocenters. The first-order chi connectivity index (χ1) is 12.7. The molecule has 26 heavy (non-hydrogen) atoms. The highest BCUT2D eigenvalue weighted by molar-refractivity contribution is 6.09. The van der Waals surface area contributed by atoms with E-state index >= 15 is 0 Å². The number of hydrogen-bond donors (Lipinski definition) is 0. The zero-order chi connectivity index (χ0) is 18.6. The van der Waals surface area contributed by atoms with Gasteiger partial charge in [0.05, 0.1) is 18.7 Å². The van der Waals surface area contributed by atoms with Crippen molar-refractivity contribution in [1.29, 1.82) is 0 Å². The number of allylic oxidation sites excluding steroid dienone is 2. The van der Waals surface area contributed by atoms with Crippen LogP contribution in [0.3, 0.4) is 0 Å². The molecule has 0 radical (unpaired) electrons. The molecule has 5 nitrogen and oxygen atoms in total. The van der Waals surface area contributed by atoms with Gasteiger partial charge in [-0.15, -0.1) is 0 Å². The van der Waals surface area contributed by atoms with Crippen molar-refractivity contribution in [3.05, 3.63) is 42.0 Å². The molecule has 0 N–H and O–H groups in total. The van der Waals surface area contributed by atoms with Crippen LogP contribution in [0.4, 0.5) is 0 Å². The van der Waals surface area contributed by atoms with E-state index in [0.717, 1.165) is 50.0 Å². The minimum atomic E-state index is -0.0756. The van der Waals surface area contributed by atoms with E-state index in [0.29, 0.717) is 13.2 Å². The largest absolute Gasteiger partial charge is 0.466 e. The second-order valence-corrected chi connectivity index (χ2v) is 6.39. The summed E-state index contributed by atoms with van der Waals surface area (Å²) in [6.45, 7) is 7.42.